The third-order valence-electron chi connectivity index (χ3n) is 4.47. The average Bonchev–Trinajstić information content (AvgIpc) is 2.60. The van der Waals surface area contributed by atoms with Crippen LogP contribution in [0, 0.1) is 13.8 Å². The molecule has 2 N–H and O–H groups in total. The number of para-hydroxylation sites is 1. The van der Waals surface area contributed by atoms with Gasteiger partial charge in [0.25, 0.3) is 5.91 Å². The monoisotopic (exact) mass is 431 g/mol. The molecule has 0 aliphatic rings. The Morgan fingerprint density at radius 3 is 2.23 bits per heavy atom. The van der Waals surface area contributed by atoms with Crippen molar-refractivity contribution in [1.82, 2.24) is 5.32 Å². The maximum absolute atomic E-state index is 12.8. The summed E-state index contributed by atoms with van der Waals surface area (Å²) in [5.41, 5.74) is 2.33. The molecule has 0 atom stereocenters. The molecule has 0 radical (unpaired) electrons. The summed E-state index contributed by atoms with van der Waals surface area (Å²) >= 11 is 0. The summed E-state index contributed by atoms with van der Waals surface area (Å²) in [5, 5.41) is 5.53. The van der Waals surface area contributed by atoms with Gasteiger partial charge in [-0.2, -0.15) is 0 Å². The van der Waals surface area contributed by atoms with Gasteiger partial charge in [-0.25, -0.2) is 8.42 Å². The molecule has 162 valence electrons. The third-order valence-corrected chi connectivity index (χ3v) is 5.59. The van der Waals surface area contributed by atoms with Crippen molar-refractivity contribution in [2.24, 2.45) is 0 Å². The molecule has 0 fully saturated rings. The molecule has 2 rings (SSSR count). The second kappa shape index (κ2) is 8.87. The summed E-state index contributed by atoms with van der Waals surface area (Å²) < 4.78 is 25.9. The van der Waals surface area contributed by atoms with Crippen molar-refractivity contribution in [2.45, 2.75) is 40.2 Å². The zero-order chi connectivity index (χ0) is 22.7. The summed E-state index contributed by atoms with van der Waals surface area (Å²) in [6.45, 7) is 8.87. The number of aryl methyl sites for hydroxylation is 1. The maximum atomic E-state index is 12.8. The largest absolute Gasteiger partial charge is 0.347 e. The zero-order valence-electron chi connectivity index (χ0n) is 18.2. The van der Waals surface area contributed by atoms with Gasteiger partial charge in [-0.15, -0.1) is 0 Å². The fraction of sp³-hybridized carbons (Fsp3) is 0.364. The molecule has 0 aromatic heterocycles. The Balaban J connectivity index is 2.29. The smallest absolute Gasteiger partial charge is 0.253 e. The Labute approximate surface area is 178 Å². The topological polar surface area (TPSA) is 95.6 Å². The number of carbonyl (C=O) groups excluding carboxylic acids is 2. The lowest BCUT2D eigenvalue weighted by atomic mass is 10.1. The minimum atomic E-state index is -3.70. The zero-order valence-corrected chi connectivity index (χ0v) is 19.1. The molecule has 0 heterocycles. The molecule has 0 unspecified atom stereocenters. The molecular formula is C22H29N3O4S. The lowest BCUT2D eigenvalue weighted by Gasteiger charge is -2.25. The Hall–Kier alpha value is -2.87. The normalized spacial score (nSPS) is 11.7. The first-order valence-electron chi connectivity index (χ1n) is 9.55. The molecule has 0 aliphatic carbocycles. The average molecular weight is 432 g/mol. The van der Waals surface area contributed by atoms with Crippen LogP contribution in [0.1, 0.15) is 42.3 Å². The summed E-state index contributed by atoms with van der Waals surface area (Å²) in [4.78, 5) is 25.3. The fourth-order valence-corrected chi connectivity index (χ4v) is 3.81. The highest BCUT2D eigenvalue weighted by molar-refractivity contribution is 7.92. The lowest BCUT2D eigenvalue weighted by molar-refractivity contribution is -0.114. The number of benzene rings is 2. The fourth-order valence-electron chi connectivity index (χ4n) is 2.91. The highest BCUT2D eigenvalue weighted by atomic mass is 32.2. The third kappa shape index (κ3) is 6.06. The number of carbonyl (C=O) groups is 2. The van der Waals surface area contributed by atoms with Crippen LogP contribution in [-0.2, 0) is 14.8 Å². The van der Waals surface area contributed by atoms with E-state index in [1.165, 1.54) is 0 Å². The molecule has 8 heteroatoms. The van der Waals surface area contributed by atoms with Gasteiger partial charge in [0.1, 0.15) is 6.54 Å². The molecule has 0 bridgehead atoms. The minimum Gasteiger partial charge on any atom is -0.347 e. The standard InChI is InChI=1S/C22H29N3O4S/c1-15-10-9-13-19(16(15)2)25(30(6,28)29)14-20(26)23-18-12-8-7-11-17(18)21(27)24-22(3,4)5/h7-13H,14H2,1-6H3,(H,23,26)(H,24,27). The van der Waals surface area contributed by atoms with E-state index in [0.717, 1.165) is 21.7 Å². The van der Waals surface area contributed by atoms with Crippen molar-refractivity contribution in [3.05, 3.63) is 59.2 Å². The van der Waals surface area contributed by atoms with E-state index < -0.39 is 28.0 Å². The molecular weight excluding hydrogens is 402 g/mol. The SMILES string of the molecule is Cc1cccc(N(CC(=O)Nc2ccccc2C(=O)NC(C)(C)C)S(C)(=O)=O)c1C. The van der Waals surface area contributed by atoms with E-state index in [0.29, 0.717) is 16.9 Å². The van der Waals surface area contributed by atoms with Crippen LogP contribution in [0.3, 0.4) is 0 Å². The number of hydrogen-bond acceptors (Lipinski definition) is 4. The van der Waals surface area contributed by atoms with Crippen LogP contribution in [0.15, 0.2) is 42.5 Å². The number of nitrogens with one attached hydrogen (secondary N) is 2. The van der Waals surface area contributed by atoms with Crippen molar-refractivity contribution < 1.29 is 18.0 Å². The minimum absolute atomic E-state index is 0.304. The van der Waals surface area contributed by atoms with Crippen LogP contribution in [-0.4, -0.2) is 38.6 Å². The number of rotatable bonds is 6. The van der Waals surface area contributed by atoms with Gasteiger partial charge in [0.2, 0.25) is 15.9 Å². The van der Waals surface area contributed by atoms with Crippen LogP contribution in [0.5, 0.6) is 0 Å². The van der Waals surface area contributed by atoms with E-state index >= 15 is 0 Å². The van der Waals surface area contributed by atoms with Crippen LogP contribution in [0.4, 0.5) is 11.4 Å². The highest BCUT2D eigenvalue weighted by Gasteiger charge is 2.24. The van der Waals surface area contributed by atoms with Gasteiger partial charge in [-0.05, 0) is 63.9 Å². The van der Waals surface area contributed by atoms with Crippen molar-refractivity contribution in [2.75, 3.05) is 22.4 Å². The molecule has 7 nitrogen and oxygen atoms in total. The van der Waals surface area contributed by atoms with Crippen LogP contribution in [0.25, 0.3) is 0 Å². The van der Waals surface area contributed by atoms with Crippen molar-refractivity contribution in [3.63, 3.8) is 0 Å². The predicted octanol–water partition coefficient (Wildman–Crippen LogP) is 3.24. The van der Waals surface area contributed by atoms with E-state index in [2.05, 4.69) is 10.6 Å². The molecule has 2 aromatic rings. The number of sulfonamides is 1. The van der Waals surface area contributed by atoms with E-state index in [-0.39, 0.29) is 5.91 Å². The molecule has 0 spiro atoms. The van der Waals surface area contributed by atoms with E-state index in [9.17, 15) is 18.0 Å². The van der Waals surface area contributed by atoms with Crippen molar-refractivity contribution >= 4 is 33.2 Å². The summed E-state index contributed by atoms with van der Waals surface area (Å²) in [6, 6.07) is 11.9. The number of anilines is 2. The second-order valence-corrected chi connectivity index (χ2v) is 10.2. The van der Waals surface area contributed by atoms with Gasteiger partial charge < -0.3 is 10.6 Å². The van der Waals surface area contributed by atoms with Gasteiger partial charge in [0.15, 0.2) is 0 Å². The quantitative estimate of drug-likeness (QED) is 0.734. The first kappa shape index (κ1) is 23.4. The van der Waals surface area contributed by atoms with Gasteiger partial charge >= 0.3 is 0 Å². The van der Waals surface area contributed by atoms with Crippen LogP contribution < -0.4 is 14.9 Å². The number of hydrogen-bond donors (Lipinski definition) is 2. The van der Waals surface area contributed by atoms with Crippen molar-refractivity contribution in [1.29, 1.82) is 0 Å². The van der Waals surface area contributed by atoms with Crippen LogP contribution in [0.2, 0.25) is 0 Å². The van der Waals surface area contributed by atoms with Gasteiger partial charge in [-0.1, -0.05) is 24.3 Å². The Bertz CT molecular complexity index is 1060. The highest BCUT2D eigenvalue weighted by Crippen LogP contribution is 2.25. The van der Waals surface area contributed by atoms with Crippen LogP contribution >= 0.6 is 0 Å². The first-order chi connectivity index (χ1) is 13.8. The lowest BCUT2D eigenvalue weighted by Crippen LogP contribution is -2.41. The first-order valence-corrected chi connectivity index (χ1v) is 11.4. The van der Waals surface area contributed by atoms with Gasteiger partial charge in [-0.3, -0.25) is 13.9 Å². The van der Waals surface area contributed by atoms with E-state index in [4.69, 9.17) is 0 Å². The molecule has 0 saturated carbocycles. The molecule has 0 aliphatic heterocycles. The molecule has 2 amide bonds. The predicted molar refractivity (Wildman–Crippen MR) is 120 cm³/mol. The summed E-state index contributed by atoms with van der Waals surface area (Å²) in [5.74, 6) is -0.870. The summed E-state index contributed by atoms with van der Waals surface area (Å²) in [7, 11) is -3.70. The molecule has 30 heavy (non-hydrogen) atoms. The second-order valence-electron chi connectivity index (χ2n) is 8.29. The van der Waals surface area contributed by atoms with Gasteiger partial charge in [0.05, 0.1) is 23.2 Å². The molecule has 2 aromatic carbocycles. The summed E-state index contributed by atoms with van der Waals surface area (Å²) in [6.07, 6.45) is 1.06. The molecule has 0 saturated heterocycles. The number of amides is 2. The Kier molecular flexibility index (Phi) is 6.92. The van der Waals surface area contributed by atoms with E-state index in [1.54, 1.807) is 36.4 Å². The van der Waals surface area contributed by atoms with Crippen molar-refractivity contribution in [3.8, 4) is 0 Å². The van der Waals surface area contributed by atoms with E-state index in [1.807, 2.05) is 40.7 Å². The Morgan fingerprint density at radius 1 is 1.00 bits per heavy atom. The number of nitrogens with zero attached hydrogens (tertiary/aromatic N) is 1. The maximum Gasteiger partial charge on any atom is 0.253 e. The van der Waals surface area contributed by atoms with Gasteiger partial charge in [0, 0.05) is 5.54 Å². The Morgan fingerprint density at radius 2 is 1.63 bits per heavy atom.